The molecule has 0 spiro atoms. The summed E-state index contributed by atoms with van der Waals surface area (Å²) in [6.07, 6.45) is 8.27. The number of methoxy groups -OCH3 is 1. The second-order valence-corrected chi connectivity index (χ2v) is 8.33. The first-order chi connectivity index (χ1) is 14.1. The zero-order valence-corrected chi connectivity index (χ0v) is 17.4. The lowest BCUT2D eigenvalue weighted by molar-refractivity contribution is 0.0946. The quantitative estimate of drug-likeness (QED) is 0.742. The van der Waals surface area contributed by atoms with Gasteiger partial charge in [-0.3, -0.25) is 4.79 Å². The number of carbonyl (C=O) groups excluding carboxylic acids is 1. The molecule has 7 heteroatoms. The van der Waals surface area contributed by atoms with Gasteiger partial charge in [0, 0.05) is 25.2 Å². The molecule has 1 unspecified atom stereocenters. The van der Waals surface area contributed by atoms with E-state index >= 15 is 0 Å². The molecule has 1 N–H and O–H groups in total. The number of ether oxygens (including phenoxy) is 1. The molecule has 1 saturated carbocycles. The maximum absolute atomic E-state index is 12.1. The average molecular weight is 398 g/mol. The minimum atomic E-state index is -0.0941. The molecule has 1 aromatic carbocycles. The molecule has 7 nitrogen and oxygen atoms in total. The highest BCUT2D eigenvalue weighted by Gasteiger charge is 2.27. The Balaban J connectivity index is 1.23. The summed E-state index contributed by atoms with van der Waals surface area (Å²) in [5.74, 6) is 0.813. The second kappa shape index (κ2) is 8.95. The van der Waals surface area contributed by atoms with Crippen LogP contribution in [-0.4, -0.2) is 58.1 Å². The SMILES string of the molecule is COc1ccc(CCC(C)N2CCC(n3cc(C(=O)NC4CC4)nn3)CC2)cc1. The van der Waals surface area contributed by atoms with Crippen LogP contribution in [0.25, 0.3) is 0 Å². The first kappa shape index (κ1) is 19.9. The Kier molecular flexibility index (Phi) is 6.13. The summed E-state index contributed by atoms with van der Waals surface area (Å²) in [5, 5.41) is 11.3. The second-order valence-electron chi connectivity index (χ2n) is 8.33. The van der Waals surface area contributed by atoms with Crippen molar-refractivity contribution in [2.24, 2.45) is 0 Å². The van der Waals surface area contributed by atoms with Crippen molar-refractivity contribution in [1.82, 2.24) is 25.2 Å². The van der Waals surface area contributed by atoms with E-state index in [2.05, 4.69) is 39.6 Å². The van der Waals surface area contributed by atoms with Crippen LogP contribution in [0.4, 0.5) is 0 Å². The Hall–Kier alpha value is -2.41. The first-order valence-corrected chi connectivity index (χ1v) is 10.7. The smallest absolute Gasteiger partial charge is 0.273 e. The number of likely N-dealkylation sites (tertiary alicyclic amines) is 1. The van der Waals surface area contributed by atoms with E-state index in [-0.39, 0.29) is 5.91 Å². The lowest BCUT2D eigenvalue weighted by Gasteiger charge is -2.36. The summed E-state index contributed by atoms with van der Waals surface area (Å²) in [4.78, 5) is 14.7. The Bertz CT molecular complexity index is 807. The Morgan fingerprint density at radius 1 is 1.21 bits per heavy atom. The maximum Gasteiger partial charge on any atom is 0.273 e. The molecule has 2 fully saturated rings. The molecule has 1 atom stereocenters. The molecule has 156 valence electrons. The molecule has 29 heavy (non-hydrogen) atoms. The van der Waals surface area contributed by atoms with Crippen LogP contribution in [-0.2, 0) is 6.42 Å². The first-order valence-electron chi connectivity index (χ1n) is 10.7. The minimum absolute atomic E-state index is 0.0941. The summed E-state index contributed by atoms with van der Waals surface area (Å²) in [6, 6.07) is 9.59. The van der Waals surface area contributed by atoms with E-state index in [4.69, 9.17) is 4.74 Å². The third-order valence-corrected chi connectivity index (χ3v) is 6.16. The number of piperidine rings is 1. The van der Waals surface area contributed by atoms with Gasteiger partial charge in [-0.2, -0.15) is 0 Å². The predicted octanol–water partition coefficient (Wildman–Crippen LogP) is 2.84. The van der Waals surface area contributed by atoms with Gasteiger partial charge >= 0.3 is 0 Å². The van der Waals surface area contributed by atoms with Crippen LogP contribution in [0.1, 0.15) is 61.1 Å². The molecule has 2 aromatic rings. The van der Waals surface area contributed by atoms with Gasteiger partial charge in [-0.05, 0) is 63.1 Å². The number of aromatic nitrogens is 3. The number of hydrogen-bond donors (Lipinski definition) is 1. The molecule has 2 aliphatic rings. The standard InChI is InChI=1S/C22H31N5O2/c1-16(3-4-17-5-9-20(29-2)10-6-17)26-13-11-19(12-14-26)27-15-21(24-25-27)22(28)23-18-7-8-18/h5-6,9-10,15-16,18-19H,3-4,7-8,11-14H2,1-2H3,(H,23,28). The summed E-state index contributed by atoms with van der Waals surface area (Å²) in [6.45, 7) is 4.43. The maximum atomic E-state index is 12.1. The largest absolute Gasteiger partial charge is 0.497 e. The van der Waals surface area contributed by atoms with Crippen LogP contribution < -0.4 is 10.1 Å². The number of amides is 1. The summed E-state index contributed by atoms with van der Waals surface area (Å²) in [5.41, 5.74) is 1.79. The topological polar surface area (TPSA) is 72.3 Å². The van der Waals surface area contributed by atoms with Crippen LogP contribution in [0.3, 0.4) is 0 Å². The highest BCUT2D eigenvalue weighted by Crippen LogP contribution is 2.25. The van der Waals surface area contributed by atoms with Crippen molar-refractivity contribution in [1.29, 1.82) is 0 Å². The lowest BCUT2D eigenvalue weighted by Crippen LogP contribution is -2.40. The van der Waals surface area contributed by atoms with Crippen LogP contribution in [0.5, 0.6) is 5.75 Å². The Morgan fingerprint density at radius 3 is 2.59 bits per heavy atom. The van der Waals surface area contributed by atoms with E-state index in [1.54, 1.807) is 7.11 Å². The van der Waals surface area contributed by atoms with Gasteiger partial charge in [0.1, 0.15) is 5.75 Å². The van der Waals surface area contributed by atoms with E-state index in [0.717, 1.165) is 57.4 Å². The molecule has 4 rings (SSSR count). The number of nitrogens with one attached hydrogen (secondary N) is 1. The van der Waals surface area contributed by atoms with Crippen molar-refractivity contribution < 1.29 is 9.53 Å². The Morgan fingerprint density at radius 2 is 1.93 bits per heavy atom. The normalized spacial score (nSPS) is 19.1. The summed E-state index contributed by atoms with van der Waals surface area (Å²) >= 11 is 0. The number of benzene rings is 1. The van der Waals surface area contributed by atoms with Crippen LogP contribution in [0, 0.1) is 0 Å². The van der Waals surface area contributed by atoms with Crippen molar-refractivity contribution in [3.8, 4) is 5.75 Å². The fourth-order valence-corrected chi connectivity index (χ4v) is 3.99. The fourth-order valence-electron chi connectivity index (χ4n) is 3.99. The van der Waals surface area contributed by atoms with Gasteiger partial charge in [0.25, 0.3) is 5.91 Å². The third kappa shape index (κ3) is 5.15. The van der Waals surface area contributed by atoms with E-state index < -0.39 is 0 Å². The molecule has 2 heterocycles. The molecule has 1 aromatic heterocycles. The fraction of sp³-hybridized carbons (Fsp3) is 0.591. The van der Waals surface area contributed by atoms with Gasteiger partial charge in [0.2, 0.25) is 0 Å². The van der Waals surface area contributed by atoms with Gasteiger partial charge in [0.15, 0.2) is 5.69 Å². The lowest BCUT2D eigenvalue weighted by atomic mass is 10.00. The molecular weight excluding hydrogens is 366 g/mol. The zero-order valence-electron chi connectivity index (χ0n) is 17.4. The highest BCUT2D eigenvalue weighted by atomic mass is 16.5. The van der Waals surface area contributed by atoms with E-state index in [1.165, 1.54) is 5.56 Å². The highest BCUT2D eigenvalue weighted by molar-refractivity contribution is 5.92. The molecule has 0 radical (unpaired) electrons. The summed E-state index contributed by atoms with van der Waals surface area (Å²) < 4.78 is 7.12. The van der Waals surface area contributed by atoms with Gasteiger partial charge in [-0.25, -0.2) is 4.68 Å². The van der Waals surface area contributed by atoms with Crippen LogP contribution in [0.2, 0.25) is 0 Å². The van der Waals surface area contributed by atoms with Crippen molar-refractivity contribution in [2.45, 2.75) is 63.6 Å². The Labute approximate surface area is 172 Å². The van der Waals surface area contributed by atoms with Crippen molar-refractivity contribution in [3.63, 3.8) is 0 Å². The zero-order chi connectivity index (χ0) is 20.2. The minimum Gasteiger partial charge on any atom is -0.497 e. The van der Waals surface area contributed by atoms with Gasteiger partial charge in [0.05, 0.1) is 19.3 Å². The molecule has 0 bridgehead atoms. The summed E-state index contributed by atoms with van der Waals surface area (Å²) in [7, 11) is 1.70. The number of carbonyl (C=O) groups is 1. The molecule has 1 amide bonds. The van der Waals surface area contributed by atoms with Crippen molar-refractivity contribution in [3.05, 3.63) is 41.7 Å². The monoisotopic (exact) mass is 397 g/mol. The average Bonchev–Trinajstić information content (AvgIpc) is 3.43. The van der Waals surface area contributed by atoms with E-state index in [1.807, 2.05) is 23.0 Å². The molecule has 1 saturated heterocycles. The predicted molar refractivity (Wildman–Crippen MR) is 111 cm³/mol. The molecular formula is C22H31N5O2. The molecule has 1 aliphatic carbocycles. The van der Waals surface area contributed by atoms with Gasteiger partial charge in [-0.1, -0.05) is 17.3 Å². The van der Waals surface area contributed by atoms with E-state index in [9.17, 15) is 4.79 Å². The van der Waals surface area contributed by atoms with Crippen LogP contribution in [0.15, 0.2) is 30.5 Å². The van der Waals surface area contributed by atoms with Gasteiger partial charge < -0.3 is 15.0 Å². The van der Waals surface area contributed by atoms with Crippen LogP contribution >= 0.6 is 0 Å². The van der Waals surface area contributed by atoms with Crippen molar-refractivity contribution in [2.75, 3.05) is 20.2 Å². The van der Waals surface area contributed by atoms with Crippen molar-refractivity contribution >= 4 is 5.91 Å². The number of aryl methyl sites for hydroxylation is 1. The van der Waals surface area contributed by atoms with Gasteiger partial charge in [-0.15, -0.1) is 5.10 Å². The number of hydrogen-bond acceptors (Lipinski definition) is 5. The third-order valence-electron chi connectivity index (χ3n) is 6.16. The number of rotatable bonds is 8. The number of nitrogens with zero attached hydrogens (tertiary/aromatic N) is 4. The molecule has 1 aliphatic heterocycles. The van der Waals surface area contributed by atoms with E-state index in [0.29, 0.717) is 23.8 Å².